The highest BCUT2D eigenvalue weighted by atomic mass is 32.2. The summed E-state index contributed by atoms with van der Waals surface area (Å²) in [5, 5.41) is 0. The molecule has 0 saturated heterocycles. The summed E-state index contributed by atoms with van der Waals surface area (Å²) in [6.07, 6.45) is 3.70. The minimum Gasteiger partial charge on any atom is -0.497 e. The van der Waals surface area contributed by atoms with Gasteiger partial charge < -0.3 is 10.5 Å². The number of rotatable bonds is 8. The van der Waals surface area contributed by atoms with Gasteiger partial charge in [-0.05, 0) is 48.8 Å². The first-order valence-corrected chi connectivity index (χ1v) is 7.53. The molecule has 0 atom stereocenters. The molecule has 18 heavy (non-hydrogen) atoms. The zero-order chi connectivity index (χ0) is 13.4. The molecule has 0 heterocycles. The highest BCUT2D eigenvalue weighted by Gasteiger charge is 2.14. The molecule has 0 bridgehead atoms. The van der Waals surface area contributed by atoms with Gasteiger partial charge in [0.05, 0.1) is 7.11 Å². The molecule has 0 saturated carbocycles. The third-order valence-electron chi connectivity index (χ3n) is 3.11. The third-order valence-corrected chi connectivity index (χ3v) is 4.19. The summed E-state index contributed by atoms with van der Waals surface area (Å²) < 4.78 is 5.21. The van der Waals surface area contributed by atoms with Crippen LogP contribution in [0.25, 0.3) is 0 Å². The van der Waals surface area contributed by atoms with Crippen molar-refractivity contribution >= 4 is 11.8 Å². The van der Waals surface area contributed by atoms with Crippen molar-refractivity contribution in [3.05, 3.63) is 24.3 Å². The molecule has 0 aliphatic rings. The Labute approximate surface area is 115 Å². The molecule has 1 rings (SSSR count). The minimum atomic E-state index is 0.292. The predicted molar refractivity (Wildman–Crippen MR) is 80.4 cm³/mol. The number of nitrogens with two attached hydrogens (primary N) is 1. The Bertz CT molecular complexity index is 352. The number of thioether (sulfide) groups is 1. The van der Waals surface area contributed by atoms with E-state index in [-0.39, 0.29) is 0 Å². The SMILES string of the molecule is COc1cccc(SCCCCC(C)(C)CN)c1. The van der Waals surface area contributed by atoms with Gasteiger partial charge in [-0.1, -0.05) is 26.3 Å². The molecule has 0 radical (unpaired) electrons. The molecular weight excluding hydrogens is 242 g/mol. The second-order valence-corrected chi connectivity index (χ2v) is 6.52. The van der Waals surface area contributed by atoms with Crippen molar-refractivity contribution in [2.75, 3.05) is 19.4 Å². The lowest BCUT2D eigenvalue weighted by molar-refractivity contribution is 0.336. The Morgan fingerprint density at radius 2 is 2.06 bits per heavy atom. The number of methoxy groups -OCH3 is 1. The van der Waals surface area contributed by atoms with Crippen molar-refractivity contribution in [3.63, 3.8) is 0 Å². The highest BCUT2D eigenvalue weighted by molar-refractivity contribution is 7.99. The highest BCUT2D eigenvalue weighted by Crippen LogP contribution is 2.26. The summed E-state index contributed by atoms with van der Waals surface area (Å²) in [6.45, 7) is 5.25. The largest absolute Gasteiger partial charge is 0.497 e. The summed E-state index contributed by atoms with van der Waals surface area (Å²) in [5.41, 5.74) is 6.02. The van der Waals surface area contributed by atoms with Crippen molar-refractivity contribution in [2.24, 2.45) is 11.1 Å². The topological polar surface area (TPSA) is 35.2 Å². The summed E-state index contributed by atoms with van der Waals surface area (Å²) in [5.74, 6) is 2.10. The van der Waals surface area contributed by atoms with Gasteiger partial charge in [-0.15, -0.1) is 11.8 Å². The second-order valence-electron chi connectivity index (χ2n) is 5.35. The molecule has 2 N–H and O–H groups in total. The maximum absolute atomic E-state index is 5.72. The van der Waals surface area contributed by atoms with E-state index >= 15 is 0 Å². The van der Waals surface area contributed by atoms with E-state index in [2.05, 4.69) is 26.0 Å². The van der Waals surface area contributed by atoms with Gasteiger partial charge in [0, 0.05) is 4.90 Å². The molecule has 0 fully saturated rings. The van der Waals surface area contributed by atoms with Gasteiger partial charge in [0.15, 0.2) is 0 Å². The summed E-state index contributed by atoms with van der Waals surface area (Å²) >= 11 is 1.90. The smallest absolute Gasteiger partial charge is 0.119 e. The van der Waals surface area contributed by atoms with E-state index in [0.717, 1.165) is 18.0 Å². The van der Waals surface area contributed by atoms with Crippen LogP contribution in [0.1, 0.15) is 33.1 Å². The minimum absolute atomic E-state index is 0.292. The Morgan fingerprint density at radius 1 is 1.28 bits per heavy atom. The van der Waals surface area contributed by atoms with Crippen molar-refractivity contribution in [3.8, 4) is 5.75 Å². The number of unbranched alkanes of at least 4 members (excludes halogenated alkanes) is 1. The third kappa shape index (κ3) is 5.78. The van der Waals surface area contributed by atoms with Crippen molar-refractivity contribution < 1.29 is 4.74 Å². The van der Waals surface area contributed by atoms with Crippen LogP contribution in [0.15, 0.2) is 29.2 Å². The second kappa shape index (κ2) is 7.70. The van der Waals surface area contributed by atoms with Crippen LogP contribution in [0.4, 0.5) is 0 Å². The maximum atomic E-state index is 5.72. The molecule has 1 aromatic carbocycles. The van der Waals surface area contributed by atoms with Crippen LogP contribution in [0.2, 0.25) is 0 Å². The van der Waals surface area contributed by atoms with Gasteiger partial charge in [-0.3, -0.25) is 0 Å². The van der Waals surface area contributed by atoms with Gasteiger partial charge in [0.2, 0.25) is 0 Å². The van der Waals surface area contributed by atoms with Gasteiger partial charge in [0.1, 0.15) is 5.75 Å². The lowest BCUT2D eigenvalue weighted by Gasteiger charge is -2.21. The Morgan fingerprint density at radius 3 is 2.72 bits per heavy atom. The van der Waals surface area contributed by atoms with Crippen molar-refractivity contribution in [1.82, 2.24) is 0 Å². The zero-order valence-electron chi connectivity index (χ0n) is 11.7. The normalized spacial score (nSPS) is 11.6. The van der Waals surface area contributed by atoms with Crippen LogP contribution in [0.5, 0.6) is 5.75 Å². The molecule has 0 amide bonds. The molecular formula is C15H25NOS. The first-order valence-electron chi connectivity index (χ1n) is 6.54. The number of hydrogen-bond acceptors (Lipinski definition) is 3. The lowest BCUT2D eigenvalue weighted by Crippen LogP contribution is -2.23. The lowest BCUT2D eigenvalue weighted by atomic mass is 9.88. The van der Waals surface area contributed by atoms with E-state index in [1.807, 2.05) is 23.9 Å². The first kappa shape index (κ1) is 15.4. The van der Waals surface area contributed by atoms with Crippen LogP contribution >= 0.6 is 11.8 Å². The van der Waals surface area contributed by atoms with Crippen LogP contribution in [0, 0.1) is 5.41 Å². The monoisotopic (exact) mass is 267 g/mol. The van der Waals surface area contributed by atoms with Crippen molar-refractivity contribution in [2.45, 2.75) is 38.0 Å². The summed E-state index contributed by atoms with van der Waals surface area (Å²) in [7, 11) is 1.71. The van der Waals surface area contributed by atoms with Gasteiger partial charge in [-0.25, -0.2) is 0 Å². The fourth-order valence-corrected chi connectivity index (χ4v) is 2.65. The molecule has 2 nitrogen and oxygen atoms in total. The number of hydrogen-bond donors (Lipinski definition) is 1. The zero-order valence-corrected chi connectivity index (χ0v) is 12.6. The van der Waals surface area contributed by atoms with Crippen molar-refractivity contribution in [1.29, 1.82) is 0 Å². The van der Waals surface area contributed by atoms with Crippen LogP contribution in [0.3, 0.4) is 0 Å². The molecule has 0 unspecified atom stereocenters. The molecule has 3 heteroatoms. The molecule has 0 aliphatic carbocycles. The fraction of sp³-hybridized carbons (Fsp3) is 0.600. The molecule has 0 aliphatic heterocycles. The van der Waals surface area contributed by atoms with E-state index < -0.39 is 0 Å². The van der Waals surface area contributed by atoms with Gasteiger partial charge >= 0.3 is 0 Å². The van der Waals surface area contributed by atoms with Crippen LogP contribution in [-0.2, 0) is 0 Å². The van der Waals surface area contributed by atoms with Crippen LogP contribution < -0.4 is 10.5 Å². The number of benzene rings is 1. The van der Waals surface area contributed by atoms with Gasteiger partial charge in [-0.2, -0.15) is 0 Å². The van der Waals surface area contributed by atoms with E-state index in [9.17, 15) is 0 Å². The van der Waals surface area contributed by atoms with E-state index in [0.29, 0.717) is 5.41 Å². The molecule has 0 spiro atoms. The summed E-state index contributed by atoms with van der Waals surface area (Å²) in [6, 6.07) is 8.25. The Hall–Kier alpha value is -0.670. The van der Waals surface area contributed by atoms with E-state index in [4.69, 9.17) is 10.5 Å². The predicted octanol–water partition coefficient (Wildman–Crippen LogP) is 3.94. The first-order chi connectivity index (χ1) is 8.57. The van der Waals surface area contributed by atoms with Crippen LogP contribution in [-0.4, -0.2) is 19.4 Å². The quantitative estimate of drug-likeness (QED) is 0.572. The average molecular weight is 267 g/mol. The molecule has 102 valence electrons. The maximum Gasteiger partial charge on any atom is 0.119 e. The Balaban J connectivity index is 2.21. The van der Waals surface area contributed by atoms with Gasteiger partial charge in [0.25, 0.3) is 0 Å². The average Bonchev–Trinajstić information content (AvgIpc) is 2.38. The van der Waals surface area contributed by atoms with E-state index in [1.165, 1.54) is 24.2 Å². The fourth-order valence-electron chi connectivity index (χ4n) is 1.69. The standard InChI is InChI=1S/C15H25NOS/c1-15(2,12-16)9-4-5-10-18-14-8-6-7-13(11-14)17-3/h6-8,11H,4-5,9-10,12,16H2,1-3H3. The molecule has 1 aromatic rings. The van der Waals surface area contributed by atoms with E-state index in [1.54, 1.807) is 7.11 Å². The number of ether oxygens (including phenoxy) is 1. The Kier molecular flexibility index (Phi) is 6.58. The molecule has 0 aromatic heterocycles. The summed E-state index contributed by atoms with van der Waals surface area (Å²) in [4.78, 5) is 1.28.